The Morgan fingerprint density at radius 2 is 2.06 bits per heavy atom. The first-order valence-corrected chi connectivity index (χ1v) is 9.41. The zero-order valence-electron chi connectivity index (χ0n) is 16.6. The Hall–Kier alpha value is -2.99. The molecule has 12 heteroatoms. The Bertz CT molecular complexity index is 1100. The molecule has 3 atom stereocenters. The third-order valence-corrected chi connectivity index (χ3v) is 5.28. The molecule has 0 radical (unpaired) electrons. The number of aromatic nitrogens is 4. The van der Waals surface area contributed by atoms with Gasteiger partial charge in [0.1, 0.15) is 17.6 Å². The van der Waals surface area contributed by atoms with Crippen molar-refractivity contribution in [2.45, 2.75) is 30.9 Å². The second-order valence-electron chi connectivity index (χ2n) is 7.39. The second-order valence-corrected chi connectivity index (χ2v) is 7.39. The van der Waals surface area contributed by atoms with E-state index in [2.05, 4.69) is 25.6 Å². The molecular formula is C19H20F4N6O2. The molecule has 1 unspecified atom stereocenters. The summed E-state index contributed by atoms with van der Waals surface area (Å²) in [7, 11) is 1.21. The van der Waals surface area contributed by atoms with Crippen molar-refractivity contribution >= 4 is 11.6 Å². The van der Waals surface area contributed by atoms with Crippen LogP contribution >= 0.6 is 0 Å². The molecule has 8 nitrogen and oxygen atoms in total. The number of hydrogen-bond acceptors (Lipinski definition) is 7. The Kier molecular flexibility index (Phi) is 5.21. The van der Waals surface area contributed by atoms with E-state index in [0.717, 1.165) is 6.20 Å². The van der Waals surface area contributed by atoms with Crippen LogP contribution in [0.3, 0.4) is 0 Å². The van der Waals surface area contributed by atoms with Crippen molar-refractivity contribution in [3.8, 4) is 17.1 Å². The molecule has 0 saturated carbocycles. The van der Waals surface area contributed by atoms with E-state index in [9.17, 15) is 22.7 Å². The van der Waals surface area contributed by atoms with Crippen LogP contribution in [-0.2, 0) is 5.60 Å². The number of ether oxygens (including phenoxy) is 1. The molecule has 3 N–H and O–H groups in total. The molecule has 1 aliphatic rings. The number of alkyl halides is 4. The fourth-order valence-corrected chi connectivity index (χ4v) is 3.41. The summed E-state index contributed by atoms with van der Waals surface area (Å²) < 4.78 is 60.7. The fraction of sp³-hybridized carbons (Fsp3) is 0.421. The molecule has 0 bridgehead atoms. The minimum absolute atomic E-state index is 0.153. The molecule has 31 heavy (non-hydrogen) atoms. The highest BCUT2D eigenvalue weighted by atomic mass is 19.4. The van der Waals surface area contributed by atoms with Crippen LogP contribution in [0.25, 0.3) is 17.0 Å². The molecule has 0 aromatic carbocycles. The Morgan fingerprint density at radius 3 is 2.71 bits per heavy atom. The zero-order valence-corrected chi connectivity index (χ0v) is 16.6. The average molecular weight is 440 g/mol. The van der Waals surface area contributed by atoms with E-state index in [1.165, 1.54) is 30.0 Å². The van der Waals surface area contributed by atoms with Crippen molar-refractivity contribution in [1.29, 1.82) is 0 Å². The summed E-state index contributed by atoms with van der Waals surface area (Å²) in [5.74, 6) is 0.0274. The summed E-state index contributed by atoms with van der Waals surface area (Å²) in [5, 5.41) is 16.0. The molecule has 0 spiro atoms. The van der Waals surface area contributed by atoms with Crippen molar-refractivity contribution in [3.05, 3.63) is 36.3 Å². The third-order valence-electron chi connectivity index (χ3n) is 5.28. The molecule has 4 heterocycles. The molecule has 0 aliphatic carbocycles. The summed E-state index contributed by atoms with van der Waals surface area (Å²) in [6.45, 7) is 1.30. The predicted molar refractivity (Wildman–Crippen MR) is 104 cm³/mol. The van der Waals surface area contributed by atoms with E-state index in [1.54, 1.807) is 6.07 Å². The van der Waals surface area contributed by atoms with Gasteiger partial charge in [-0.15, -0.1) is 0 Å². The molecule has 1 fully saturated rings. The lowest BCUT2D eigenvalue weighted by Crippen LogP contribution is -2.39. The maximum Gasteiger partial charge on any atom is 0.421 e. The van der Waals surface area contributed by atoms with Gasteiger partial charge in [0.2, 0.25) is 5.95 Å². The number of nitrogens with zero attached hydrogens (tertiary/aromatic N) is 4. The van der Waals surface area contributed by atoms with Gasteiger partial charge in [-0.25, -0.2) is 19.3 Å². The highest BCUT2D eigenvalue weighted by Crippen LogP contribution is 2.43. The van der Waals surface area contributed by atoms with E-state index in [1.807, 2.05) is 0 Å². The van der Waals surface area contributed by atoms with E-state index < -0.39 is 29.6 Å². The summed E-state index contributed by atoms with van der Waals surface area (Å²) in [6.07, 6.45) is -2.02. The first-order chi connectivity index (χ1) is 14.6. The number of hydrogen-bond donors (Lipinski definition) is 3. The van der Waals surface area contributed by atoms with Crippen molar-refractivity contribution < 1.29 is 27.4 Å². The molecule has 3 aromatic rings. The summed E-state index contributed by atoms with van der Waals surface area (Å²) in [4.78, 5) is 12.6. The van der Waals surface area contributed by atoms with E-state index in [0.29, 0.717) is 30.5 Å². The maximum atomic E-state index is 13.9. The molecule has 1 aliphatic heterocycles. The number of pyridine rings is 1. The normalized spacial score (nSPS) is 21.3. The van der Waals surface area contributed by atoms with Crippen molar-refractivity contribution in [1.82, 2.24) is 24.7 Å². The monoisotopic (exact) mass is 440 g/mol. The van der Waals surface area contributed by atoms with Crippen LogP contribution in [0.5, 0.6) is 5.75 Å². The molecular weight excluding hydrogens is 420 g/mol. The molecule has 4 rings (SSSR count). The molecule has 0 amide bonds. The van der Waals surface area contributed by atoms with Crippen LogP contribution in [0.2, 0.25) is 0 Å². The van der Waals surface area contributed by atoms with Crippen LogP contribution in [0.1, 0.15) is 12.5 Å². The first kappa shape index (κ1) is 21.2. The second kappa shape index (κ2) is 7.61. The van der Waals surface area contributed by atoms with Crippen molar-refractivity contribution in [2.24, 2.45) is 0 Å². The van der Waals surface area contributed by atoms with E-state index >= 15 is 0 Å². The number of aliphatic hydroxyl groups is 1. The van der Waals surface area contributed by atoms with Crippen LogP contribution in [0.15, 0.2) is 30.7 Å². The van der Waals surface area contributed by atoms with Gasteiger partial charge in [0.15, 0.2) is 5.60 Å². The summed E-state index contributed by atoms with van der Waals surface area (Å²) in [5.41, 5.74) is -2.61. The number of nitrogens with one attached hydrogen (secondary N) is 2. The van der Waals surface area contributed by atoms with Crippen LogP contribution in [0.4, 0.5) is 23.5 Å². The van der Waals surface area contributed by atoms with Gasteiger partial charge in [0, 0.05) is 31.5 Å². The number of halogens is 4. The predicted octanol–water partition coefficient (Wildman–Crippen LogP) is 2.29. The highest BCUT2D eigenvalue weighted by molar-refractivity contribution is 5.63. The smallest absolute Gasteiger partial charge is 0.421 e. The van der Waals surface area contributed by atoms with Gasteiger partial charge < -0.3 is 20.5 Å². The molecule has 166 valence electrons. The number of rotatable bonds is 5. The Balaban J connectivity index is 1.77. The summed E-state index contributed by atoms with van der Waals surface area (Å²) >= 11 is 0. The number of methoxy groups -OCH3 is 1. The first-order valence-electron chi connectivity index (χ1n) is 9.41. The quantitative estimate of drug-likeness (QED) is 0.524. The SMILES string of the molecule is COc1cc2ncc(-c3ccnc(N[C@H]4CNC[C@@H]4F)n3)n2cc1C(C)(O)C(F)(F)F. The van der Waals surface area contributed by atoms with E-state index in [4.69, 9.17) is 4.74 Å². The van der Waals surface area contributed by atoms with Crippen LogP contribution in [-0.4, -0.2) is 63.0 Å². The standard InChI is InChI=1S/C19H20F4N6O2/c1-18(30,19(21,22)23)10-9-29-14(8-26-16(29)5-15(10)31-2)12-3-4-25-17(27-12)28-13-7-24-6-11(13)20/h3-5,8-9,11,13,24,30H,6-7H2,1-2H3,(H,25,27,28)/t11-,13-,18?/m0/s1. The van der Waals surface area contributed by atoms with Gasteiger partial charge in [0.25, 0.3) is 0 Å². The Morgan fingerprint density at radius 1 is 1.29 bits per heavy atom. The lowest BCUT2D eigenvalue weighted by molar-refractivity contribution is -0.259. The molecule has 3 aromatic heterocycles. The topological polar surface area (TPSA) is 96.6 Å². The van der Waals surface area contributed by atoms with Crippen LogP contribution in [0, 0.1) is 0 Å². The van der Waals surface area contributed by atoms with Gasteiger partial charge in [-0.2, -0.15) is 13.2 Å². The van der Waals surface area contributed by atoms with Crippen LogP contribution < -0.4 is 15.4 Å². The number of anilines is 1. The zero-order chi connectivity index (χ0) is 22.4. The minimum atomic E-state index is -4.93. The third kappa shape index (κ3) is 3.76. The van der Waals surface area contributed by atoms with Gasteiger partial charge in [-0.05, 0) is 13.0 Å². The largest absolute Gasteiger partial charge is 0.496 e. The summed E-state index contributed by atoms with van der Waals surface area (Å²) in [6, 6.07) is 2.37. The number of fused-ring (bicyclic) bond motifs is 1. The van der Waals surface area contributed by atoms with Gasteiger partial charge in [-0.1, -0.05) is 0 Å². The van der Waals surface area contributed by atoms with Gasteiger partial charge in [-0.3, -0.25) is 4.40 Å². The van der Waals surface area contributed by atoms with Crippen molar-refractivity contribution in [2.75, 3.05) is 25.5 Å². The maximum absolute atomic E-state index is 13.9. The molecule has 1 saturated heterocycles. The van der Waals surface area contributed by atoms with E-state index in [-0.39, 0.29) is 18.2 Å². The number of imidazole rings is 1. The fourth-order valence-electron chi connectivity index (χ4n) is 3.41. The lowest BCUT2D eigenvalue weighted by Gasteiger charge is -2.28. The average Bonchev–Trinajstić information content (AvgIpc) is 3.32. The van der Waals surface area contributed by atoms with Crippen molar-refractivity contribution in [3.63, 3.8) is 0 Å². The lowest BCUT2D eigenvalue weighted by atomic mass is 9.96. The minimum Gasteiger partial charge on any atom is -0.496 e. The highest BCUT2D eigenvalue weighted by Gasteiger charge is 2.53. The van der Waals surface area contributed by atoms with Gasteiger partial charge >= 0.3 is 6.18 Å². The Labute approximate surface area is 174 Å². The van der Waals surface area contributed by atoms with Gasteiger partial charge in [0.05, 0.1) is 36.3 Å².